The van der Waals surface area contributed by atoms with Crippen molar-refractivity contribution in [3.05, 3.63) is 70.4 Å². The first-order valence-electron chi connectivity index (χ1n) is 8.81. The molecule has 1 heterocycles. The molecule has 1 amide bonds. The first-order chi connectivity index (χ1) is 12.6. The van der Waals surface area contributed by atoms with Gasteiger partial charge in [0.1, 0.15) is 5.82 Å². The minimum Gasteiger partial charge on any atom is -0.356 e. The summed E-state index contributed by atoms with van der Waals surface area (Å²) in [7, 11) is 0. The van der Waals surface area contributed by atoms with Gasteiger partial charge in [-0.2, -0.15) is 0 Å². The monoisotopic (exact) mass is 355 g/mol. The van der Waals surface area contributed by atoms with E-state index in [1.165, 1.54) is 12.1 Å². The molecule has 5 nitrogen and oxygen atoms in total. The molecule has 0 saturated carbocycles. The van der Waals surface area contributed by atoms with Crippen LogP contribution in [-0.2, 0) is 11.3 Å². The number of amides is 1. The van der Waals surface area contributed by atoms with Gasteiger partial charge in [-0.25, -0.2) is 9.18 Å². The largest absolute Gasteiger partial charge is 0.356 e. The molecular weight excluding hydrogens is 333 g/mol. The number of hydrogen-bond donors (Lipinski definition) is 2. The van der Waals surface area contributed by atoms with Crippen LogP contribution in [0, 0.1) is 5.82 Å². The number of aromatic nitrogens is 2. The topological polar surface area (TPSA) is 66.9 Å². The van der Waals surface area contributed by atoms with E-state index in [0.717, 1.165) is 16.6 Å². The van der Waals surface area contributed by atoms with Crippen molar-refractivity contribution in [1.82, 2.24) is 14.9 Å². The Kier molecular flexibility index (Phi) is 5.51. The van der Waals surface area contributed by atoms with Gasteiger partial charge in [-0.05, 0) is 42.7 Å². The molecule has 2 N–H and O–H groups in total. The van der Waals surface area contributed by atoms with Gasteiger partial charge >= 0.3 is 5.69 Å². The number of aromatic amines is 1. The third-order valence-corrected chi connectivity index (χ3v) is 4.54. The number of carbonyl (C=O) groups is 1. The molecule has 3 aromatic rings. The second-order valence-electron chi connectivity index (χ2n) is 6.26. The number of hydrogen-bond acceptors (Lipinski definition) is 2. The van der Waals surface area contributed by atoms with E-state index in [1.54, 1.807) is 16.7 Å². The predicted octanol–water partition coefficient (Wildman–Crippen LogP) is 3.17. The number of para-hydroxylation sites is 2. The molecular formula is C20H22FN3O2. The highest BCUT2D eigenvalue weighted by Crippen LogP contribution is 2.20. The number of rotatable bonds is 7. The van der Waals surface area contributed by atoms with E-state index in [0.29, 0.717) is 25.9 Å². The molecule has 136 valence electrons. The summed E-state index contributed by atoms with van der Waals surface area (Å²) in [4.78, 5) is 27.3. The summed E-state index contributed by atoms with van der Waals surface area (Å²) >= 11 is 0. The van der Waals surface area contributed by atoms with Crippen molar-refractivity contribution in [2.24, 2.45) is 0 Å². The Hall–Kier alpha value is -2.89. The molecule has 6 heteroatoms. The fourth-order valence-electron chi connectivity index (χ4n) is 3.17. The Morgan fingerprint density at radius 2 is 1.92 bits per heavy atom. The van der Waals surface area contributed by atoms with Crippen molar-refractivity contribution >= 4 is 16.9 Å². The lowest BCUT2D eigenvalue weighted by molar-refractivity contribution is -0.122. The standard InChI is InChI=1S/C20H22FN3O2/c1-2-16(14-8-10-15(21)11-9-14)19(25)22-12-5-13-24-18-7-4-3-6-17(18)23-20(24)26/h3-4,6-11,16H,2,5,12-13H2,1H3,(H,22,25)(H,23,26). The van der Waals surface area contributed by atoms with Crippen LogP contribution in [0.1, 0.15) is 31.2 Å². The van der Waals surface area contributed by atoms with Gasteiger partial charge in [0.2, 0.25) is 5.91 Å². The maximum atomic E-state index is 13.1. The number of nitrogens with zero attached hydrogens (tertiary/aromatic N) is 1. The van der Waals surface area contributed by atoms with Crippen LogP contribution in [-0.4, -0.2) is 22.0 Å². The van der Waals surface area contributed by atoms with E-state index in [4.69, 9.17) is 0 Å². The fraction of sp³-hybridized carbons (Fsp3) is 0.300. The summed E-state index contributed by atoms with van der Waals surface area (Å²) < 4.78 is 14.7. The number of aryl methyl sites for hydroxylation is 1. The Labute approximate surface area is 150 Å². The average molecular weight is 355 g/mol. The number of H-pyrrole nitrogens is 1. The smallest absolute Gasteiger partial charge is 0.326 e. The maximum Gasteiger partial charge on any atom is 0.326 e. The Morgan fingerprint density at radius 3 is 2.65 bits per heavy atom. The van der Waals surface area contributed by atoms with Crippen molar-refractivity contribution < 1.29 is 9.18 Å². The summed E-state index contributed by atoms with van der Waals surface area (Å²) in [6.45, 7) is 2.93. The lowest BCUT2D eigenvalue weighted by Gasteiger charge is -2.15. The first-order valence-corrected chi connectivity index (χ1v) is 8.81. The molecule has 0 aliphatic heterocycles. The van der Waals surface area contributed by atoms with E-state index < -0.39 is 0 Å². The van der Waals surface area contributed by atoms with E-state index in [9.17, 15) is 14.0 Å². The number of carbonyl (C=O) groups excluding carboxylic acids is 1. The molecule has 0 bridgehead atoms. The van der Waals surface area contributed by atoms with E-state index in [-0.39, 0.29) is 23.3 Å². The van der Waals surface area contributed by atoms with Gasteiger partial charge in [0, 0.05) is 13.1 Å². The molecule has 0 fully saturated rings. The van der Waals surface area contributed by atoms with Crippen LogP contribution in [0.3, 0.4) is 0 Å². The van der Waals surface area contributed by atoms with Crippen molar-refractivity contribution in [3.63, 3.8) is 0 Å². The Balaban J connectivity index is 1.57. The second-order valence-corrected chi connectivity index (χ2v) is 6.26. The van der Waals surface area contributed by atoms with Gasteiger partial charge in [0.05, 0.1) is 17.0 Å². The van der Waals surface area contributed by atoms with Crippen LogP contribution < -0.4 is 11.0 Å². The molecule has 1 unspecified atom stereocenters. The predicted molar refractivity (Wildman–Crippen MR) is 99.6 cm³/mol. The molecule has 0 spiro atoms. The summed E-state index contributed by atoms with van der Waals surface area (Å²) in [5.74, 6) is -0.690. The molecule has 0 radical (unpaired) electrons. The lowest BCUT2D eigenvalue weighted by Crippen LogP contribution is -2.31. The van der Waals surface area contributed by atoms with Crippen LogP contribution in [0.2, 0.25) is 0 Å². The highest BCUT2D eigenvalue weighted by atomic mass is 19.1. The zero-order valence-corrected chi connectivity index (χ0v) is 14.7. The quantitative estimate of drug-likeness (QED) is 0.639. The number of nitrogens with one attached hydrogen (secondary N) is 2. The number of fused-ring (bicyclic) bond motifs is 1. The Bertz CT molecular complexity index is 944. The van der Waals surface area contributed by atoms with Gasteiger partial charge in [0.25, 0.3) is 0 Å². The van der Waals surface area contributed by atoms with Gasteiger partial charge in [-0.1, -0.05) is 31.2 Å². The molecule has 0 aliphatic rings. The Morgan fingerprint density at radius 1 is 1.19 bits per heavy atom. The van der Waals surface area contributed by atoms with Crippen LogP contribution in [0.15, 0.2) is 53.3 Å². The van der Waals surface area contributed by atoms with Crippen molar-refractivity contribution in [2.45, 2.75) is 32.2 Å². The van der Waals surface area contributed by atoms with Gasteiger partial charge in [-0.3, -0.25) is 9.36 Å². The highest BCUT2D eigenvalue weighted by molar-refractivity contribution is 5.83. The van der Waals surface area contributed by atoms with Crippen LogP contribution in [0.5, 0.6) is 0 Å². The minimum absolute atomic E-state index is 0.0784. The van der Waals surface area contributed by atoms with E-state index in [2.05, 4.69) is 10.3 Å². The number of benzene rings is 2. The van der Waals surface area contributed by atoms with Crippen molar-refractivity contribution in [3.8, 4) is 0 Å². The fourth-order valence-corrected chi connectivity index (χ4v) is 3.17. The third-order valence-electron chi connectivity index (χ3n) is 4.54. The molecule has 1 atom stereocenters. The zero-order valence-electron chi connectivity index (χ0n) is 14.7. The lowest BCUT2D eigenvalue weighted by atomic mass is 9.95. The van der Waals surface area contributed by atoms with Crippen LogP contribution in [0.25, 0.3) is 11.0 Å². The maximum absolute atomic E-state index is 13.1. The third kappa shape index (κ3) is 3.85. The van der Waals surface area contributed by atoms with Crippen LogP contribution >= 0.6 is 0 Å². The number of imidazole rings is 1. The zero-order chi connectivity index (χ0) is 18.5. The average Bonchev–Trinajstić information content (AvgIpc) is 2.96. The molecule has 0 saturated heterocycles. The van der Waals surface area contributed by atoms with E-state index >= 15 is 0 Å². The summed E-state index contributed by atoms with van der Waals surface area (Å²) in [6.07, 6.45) is 1.28. The number of halogens is 1. The molecule has 1 aromatic heterocycles. The SMILES string of the molecule is CCC(C(=O)NCCCn1c(=O)[nH]c2ccccc21)c1ccc(F)cc1. The summed E-state index contributed by atoms with van der Waals surface area (Å²) in [5, 5.41) is 2.92. The van der Waals surface area contributed by atoms with Gasteiger partial charge in [-0.15, -0.1) is 0 Å². The van der Waals surface area contributed by atoms with Gasteiger partial charge < -0.3 is 10.3 Å². The first kappa shape index (κ1) is 17.9. The second kappa shape index (κ2) is 7.99. The van der Waals surface area contributed by atoms with Crippen molar-refractivity contribution in [1.29, 1.82) is 0 Å². The summed E-state index contributed by atoms with van der Waals surface area (Å²) in [5.41, 5.74) is 2.33. The minimum atomic E-state index is -0.312. The van der Waals surface area contributed by atoms with E-state index in [1.807, 2.05) is 31.2 Å². The summed E-state index contributed by atoms with van der Waals surface area (Å²) in [6, 6.07) is 13.6. The van der Waals surface area contributed by atoms with Crippen molar-refractivity contribution in [2.75, 3.05) is 6.54 Å². The molecule has 26 heavy (non-hydrogen) atoms. The highest BCUT2D eigenvalue weighted by Gasteiger charge is 2.18. The molecule has 3 rings (SSSR count). The molecule has 0 aliphatic carbocycles. The van der Waals surface area contributed by atoms with Crippen LogP contribution in [0.4, 0.5) is 4.39 Å². The normalized spacial score (nSPS) is 12.2. The molecule has 2 aromatic carbocycles. The van der Waals surface area contributed by atoms with Gasteiger partial charge in [0.15, 0.2) is 0 Å².